The van der Waals surface area contributed by atoms with Crippen LogP contribution in [0, 0.1) is 5.82 Å². The highest BCUT2D eigenvalue weighted by molar-refractivity contribution is 5.43. The molecule has 2 aromatic carbocycles. The molecule has 104 valence electrons. The minimum atomic E-state index is -0.160. The lowest BCUT2D eigenvalue weighted by atomic mass is 9.89. The zero-order valence-electron chi connectivity index (χ0n) is 11.5. The van der Waals surface area contributed by atoms with E-state index < -0.39 is 0 Å². The van der Waals surface area contributed by atoms with Crippen molar-refractivity contribution in [3.05, 3.63) is 65.0 Å². The molecule has 0 saturated heterocycles. The fourth-order valence-corrected chi connectivity index (χ4v) is 2.78. The number of benzene rings is 2. The Kier molecular flexibility index (Phi) is 3.70. The summed E-state index contributed by atoms with van der Waals surface area (Å²) in [6.07, 6.45) is 0.946. The molecule has 0 fully saturated rings. The first-order chi connectivity index (χ1) is 9.79. The standard InChI is InChI=1S/C17H18FNO/c1-2-20-13-7-8-14-12(11-13)9-10-19-17(14)15-5-3-4-6-16(15)18/h3-8,11,17,19H,2,9-10H2,1H3. The molecule has 0 amide bonds. The molecule has 0 aliphatic carbocycles. The second-order valence-electron chi connectivity index (χ2n) is 4.95. The first kappa shape index (κ1) is 13.1. The monoisotopic (exact) mass is 271 g/mol. The van der Waals surface area contributed by atoms with E-state index in [0.717, 1.165) is 24.3 Å². The summed E-state index contributed by atoms with van der Waals surface area (Å²) in [5.41, 5.74) is 3.09. The van der Waals surface area contributed by atoms with Gasteiger partial charge >= 0.3 is 0 Å². The van der Waals surface area contributed by atoms with Gasteiger partial charge in [-0.05, 0) is 42.7 Å². The van der Waals surface area contributed by atoms with Crippen LogP contribution in [0.1, 0.15) is 29.7 Å². The van der Waals surface area contributed by atoms with Gasteiger partial charge in [0.25, 0.3) is 0 Å². The molecule has 0 saturated carbocycles. The summed E-state index contributed by atoms with van der Waals surface area (Å²) < 4.78 is 19.5. The maximum absolute atomic E-state index is 14.0. The van der Waals surface area contributed by atoms with Gasteiger partial charge in [-0.25, -0.2) is 4.39 Å². The Labute approximate surface area is 118 Å². The highest BCUT2D eigenvalue weighted by Crippen LogP contribution is 2.32. The van der Waals surface area contributed by atoms with Gasteiger partial charge in [0.05, 0.1) is 12.6 Å². The Morgan fingerprint density at radius 3 is 2.85 bits per heavy atom. The molecular formula is C17H18FNO. The van der Waals surface area contributed by atoms with Gasteiger partial charge in [0.1, 0.15) is 11.6 Å². The Balaban J connectivity index is 2.00. The van der Waals surface area contributed by atoms with Crippen LogP contribution in [0.4, 0.5) is 4.39 Å². The van der Waals surface area contributed by atoms with Crippen LogP contribution in [0.2, 0.25) is 0 Å². The summed E-state index contributed by atoms with van der Waals surface area (Å²) in [5.74, 6) is 0.729. The molecule has 3 rings (SSSR count). The van der Waals surface area contributed by atoms with Crippen molar-refractivity contribution in [2.45, 2.75) is 19.4 Å². The number of hydrogen-bond acceptors (Lipinski definition) is 2. The van der Waals surface area contributed by atoms with Crippen molar-refractivity contribution in [3.63, 3.8) is 0 Å². The predicted octanol–water partition coefficient (Wildman–Crippen LogP) is 3.46. The summed E-state index contributed by atoms with van der Waals surface area (Å²) in [4.78, 5) is 0. The molecule has 3 heteroatoms. The van der Waals surface area contributed by atoms with Crippen LogP contribution in [-0.4, -0.2) is 13.2 Å². The van der Waals surface area contributed by atoms with Gasteiger partial charge in [0.15, 0.2) is 0 Å². The lowest BCUT2D eigenvalue weighted by Gasteiger charge is -2.28. The van der Waals surface area contributed by atoms with Gasteiger partial charge in [0, 0.05) is 12.1 Å². The number of halogens is 1. The van der Waals surface area contributed by atoms with E-state index in [1.54, 1.807) is 6.07 Å². The van der Waals surface area contributed by atoms with Crippen molar-refractivity contribution in [1.82, 2.24) is 5.32 Å². The Bertz CT molecular complexity index is 612. The maximum Gasteiger partial charge on any atom is 0.128 e. The maximum atomic E-state index is 14.0. The molecule has 1 N–H and O–H groups in total. The largest absolute Gasteiger partial charge is 0.494 e. The molecule has 1 unspecified atom stereocenters. The van der Waals surface area contributed by atoms with Crippen molar-refractivity contribution in [2.75, 3.05) is 13.2 Å². The van der Waals surface area contributed by atoms with E-state index in [1.807, 2.05) is 31.2 Å². The summed E-state index contributed by atoms with van der Waals surface area (Å²) in [5, 5.41) is 3.40. The molecule has 1 heterocycles. The van der Waals surface area contributed by atoms with Gasteiger partial charge in [-0.1, -0.05) is 24.3 Å². The molecule has 0 spiro atoms. The van der Waals surface area contributed by atoms with E-state index in [1.165, 1.54) is 11.6 Å². The van der Waals surface area contributed by atoms with E-state index in [0.29, 0.717) is 12.2 Å². The summed E-state index contributed by atoms with van der Waals surface area (Å²) in [7, 11) is 0. The molecule has 1 aliphatic rings. The third-order valence-corrected chi connectivity index (χ3v) is 3.70. The number of fused-ring (bicyclic) bond motifs is 1. The van der Waals surface area contributed by atoms with Crippen LogP contribution < -0.4 is 10.1 Å². The number of ether oxygens (including phenoxy) is 1. The first-order valence-electron chi connectivity index (χ1n) is 7.03. The second kappa shape index (κ2) is 5.63. The first-order valence-corrected chi connectivity index (χ1v) is 7.03. The Morgan fingerprint density at radius 2 is 2.05 bits per heavy atom. The van der Waals surface area contributed by atoms with Crippen LogP contribution in [0.15, 0.2) is 42.5 Å². The zero-order chi connectivity index (χ0) is 13.9. The van der Waals surface area contributed by atoms with Crippen LogP contribution >= 0.6 is 0 Å². The SMILES string of the molecule is CCOc1ccc2c(c1)CCNC2c1ccccc1F. The molecular weight excluding hydrogens is 253 g/mol. The fraction of sp³-hybridized carbons (Fsp3) is 0.294. The van der Waals surface area contributed by atoms with Crippen LogP contribution in [-0.2, 0) is 6.42 Å². The third-order valence-electron chi connectivity index (χ3n) is 3.70. The molecule has 0 bridgehead atoms. The predicted molar refractivity (Wildman–Crippen MR) is 77.6 cm³/mol. The molecule has 2 nitrogen and oxygen atoms in total. The van der Waals surface area contributed by atoms with Gasteiger partial charge in [-0.3, -0.25) is 0 Å². The van der Waals surface area contributed by atoms with E-state index in [9.17, 15) is 4.39 Å². The summed E-state index contributed by atoms with van der Waals surface area (Å²) in [6, 6.07) is 13.0. The molecule has 0 aromatic heterocycles. The minimum Gasteiger partial charge on any atom is -0.494 e. The average molecular weight is 271 g/mol. The van der Waals surface area contributed by atoms with E-state index in [4.69, 9.17) is 4.74 Å². The highest BCUT2D eigenvalue weighted by Gasteiger charge is 2.23. The smallest absolute Gasteiger partial charge is 0.128 e. The van der Waals surface area contributed by atoms with Crippen LogP contribution in [0.3, 0.4) is 0 Å². The van der Waals surface area contributed by atoms with Gasteiger partial charge < -0.3 is 10.1 Å². The number of nitrogens with one attached hydrogen (secondary N) is 1. The van der Waals surface area contributed by atoms with E-state index >= 15 is 0 Å². The zero-order valence-corrected chi connectivity index (χ0v) is 11.5. The van der Waals surface area contributed by atoms with Gasteiger partial charge in [0.2, 0.25) is 0 Å². The van der Waals surface area contributed by atoms with Crippen molar-refractivity contribution in [2.24, 2.45) is 0 Å². The average Bonchev–Trinajstić information content (AvgIpc) is 2.47. The molecule has 1 atom stereocenters. The van der Waals surface area contributed by atoms with Gasteiger partial charge in [-0.15, -0.1) is 0 Å². The summed E-state index contributed by atoms with van der Waals surface area (Å²) in [6.45, 7) is 3.48. The number of hydrogen-bond donors (Lipinski definition) is 1. The fourth-order valence-electron chi connectivity index (χ4n) is 2.78. The molecule has 20 heavy (non-hydrogen) atoms. The van der Waals surface area contributed by atoms with Crippen molar-refractivity contribution >= 4 is 0 Å². The minimum absolute atomic E-state index is 0.0735. The van der Waals surface area contributed by atoms with E-state index in [2.05, 4.69) is 11.4 Å². The highest BCUT2D eigenvalue weighted by atomic mass is 19.1. The molecule has 2 aromatic rings. The Morgan fingerprint density at radius 1 is 1.20 bits per heavy atom. The molecule has 0 radical (unpaired) electrons. The second-order valence-corrected chi connectivity index (χ2v) is 4.95. The van der Waals surface area contributed by atoms with Crippen molar-refractivity contribution in [1.29, 1.82) is 0 Å². The lowest BCUT2D eigenvalue weighted by Crippen LogP contribution is -2.31. The Hall–Kier alpha value is -1.87. The van der Waals surface area contributed by atoms with Crippen molar-refractivity contribution < 1.29 is 9.13 Å². The van der Waals surface area contributed by atoms with Crippen LogP contribution in [0.25, 0.3) is 0 Å². The summed E-state index contributed by atoms with van der Waals surface area (Å²) >= 11 is 0. The van der Waals surface area contributed by atoms with E-state index in [-0.39, 0.29) is 11.9 Å². The lowest BCUT2D eigenvalue weighted by molar-refractivity contribution is 0.339. The topological polar surface area (TPSA) is 21.3 Å². The number of rotatable bonds is 3. The normalized spacial score (nSPS) is 17.6. The quantitative estimate of drug-likeness (QED) is 0.923. The van der Waals surface area contributed by atoms with Crippen LogP contribution in [0.5, 0.6) is 5.75 Å². The third kappa shape index (κ3) is 2.41. The van der Waals surface area contributed by atoms with Gasteiger partial charge in [-0.2, -0.15) is 0 Å². The van der Waals surface area contributed by atoms with Crippen molar-refractivity contribution in [3.8, 4) is 5.75 Å². The molecule has 1 aliphatic heterocycles.